The molecule has 44 heavy (non-hydrogen) atoms. The van der Waals surface area contributed by atoms with Crippen LogP contribution in [0.15, 0.2) is 58.6 Å². The molecule has 9 nitrogen and oxygen atoms in total. The second-order valence-corrected chi connectivity index (χ2v) is 11.4. The van der Waals surface area contributed by atoms with E-state index in [2.05, 4.69) is 10.5 Å². The Balaban J connectivity index is 1.46. The molecule has 3 aromatic rings. The summed E-state index contributed by atoms with van der Waals surface area (Å²) in [6, 6.07) is 9.80. The molecule has 0 saturated carbocycles. The Hall–Kier alpha value is -4.61. The van der Waals surface area contributed by atoms with Crippen LogP contribution in [0, 0.1) is 17.5 Å². The average molecular weight is 611 g/mol. The number of nitrogens with one attached hydrogen (secondary N) is 1. The molecule has 1 saturated heterocycles. The number of hydrogen-bond acceptors (Lipinski definition) is 6. The number of pyridine rings is 1. The highest BCUT2D eigenvalue weighted by atomic mass is 19.1. The molecule has 1 spiro atoms. The molecule has 0 bridgehead atoms. The van der Waals surface area contributed by atoms with Crippen molar-refractivity contribution in [2.75, 3.05) is 6.54 Å². The van der Waals surface area contributed by atoms with Crippen molar-refractivity contribution in [1.82, 2.24) is 14.8 Å². The monoisotopic (exact) mass is 610 g/mol. The number of amides is 2. The van der Waals surface area contributed by atoms with Crippen molar-refractivity contribution >= 4 is 17.5 Å². The highest BCUT2D eigenvalue weighted by Crippen LogP contribution is 2.37. The summed E-state index contributed by atoms with van der Waals surface area (Å²) in [7, 11) is 1.51. The highest BCUT2D eigenvalue weighted by Gasteiger charge is 2.42. The van der Waals surface area contributed by atoms with Gasteiger partial charge in [0, 0.05) is 62.9 Å². The number of nitrogens with zero attached hydrogens (tertiary/aromatic N) is 3. The van der Waals surface area contributed by atoms with Gasteiger partial charge in [-0.25, -0.2) is 13.2 Å². The van der Waals surface area contributed by atoms with E-state index >= 15 is 0 Å². The topological polar surface area (TPSA) is 102 Å². The van der Waals surface area contributed by atoms with Crippen LogP contribution in [-0.4, -0.2) is 45.2 Å². The van der Waals surface area contributed by atoms with Gasteiger partial charge in [0.15, 0.2) is 11.4 Å². The van der Waals surface area contributed by atoms with Gasteiger partial charge in [0.25, 0.3) is 11.8 Å². The molecule has 3 heterocycles. The minimum Gasteiger partial charge on any atom is -0.483 e. The average Bonchev–Trinajstić information content (AvgIpc) is 3.27. The second kappa shape index (κ2) is 12.6. The summed E-state index contributed by atoms with van der Waals surface area (Å²) in [4.78, 5) is 48.5. The summed E-state index contributed by atoms with van der Waals surface area (Å²) >= 11 is 0. The van der Waals surface area contributed by atoms with E-state index < -0.39 is 58.0 Å². The fraction of sp³-hybridized carbons (Fsp3) is 0.375. The van der Waals surface area contributed by atoms with E-state index in [1.807, 2.05) is 19.9 Å². The number of oxime groups is 1. The fourth-order valence-corrected chi connectivity index (χ4v) is 5.69. The molecule has 1 fully saturated rings. The number of benzene rings is 2. The number of carbonyl (C=O) groups is 2. The van der Waals surface area contributed by atoms with Crippen molar-refractivity contribution in [3.63, 3.8) is 0 Å². The van der Waals surface area contributed by atoms with Crippen LogP contribution < -0.4 is 15.5 Å². The van der Waals surface area contributed by atoms with Gasteiger partial charge in [-0.15, -0.1) is 0 Å². The van der Waals surface area contributed by atoms with E-state index in [1.165, 1.54) is 17.8 Å². The number of likely N-dealkylation sites (tertiary alicyclic amines) is 1. The molecule has 0 radical (unpaired) electrons. The number of aromatic nitrogens is 1. The van der Waals surface area contributed by atoms with Gasteiger partial charge in [-0.3, -0.25) is 14.4 Å². The molecule has 2 aliphatic rings. The SMILES string of the molecule is CC1=NO[C@]2(CC[C@H](C)N(C(=O)c3c(OCc4ccccc4)c(=O)c(C(=O)NCc4c(F)cc(F)cc4F)cn3C)CC2)C1. The smallest absolute Gasteiger partial charge is 0.274 e. The first-order chi connectivity index (χ1) is 21.0. The van der Waals surface area contributed by atoms with Gasteiger partial charge in [-0.1, -0.05) is 35.5 Å². The van der Waals surface area contributed by atoms with Crippen LogP contribution >= 0.6 is 0 Å². The Morgan fingerprint density at radius 1 is 1.14 bits per heavy atom. The van der Waals surface area contributed by atoms with Crippen LogP contribution in [0.3, 0.4) is 0 Å². The molecule has 2 aliphatic heterocycles. The first kappa shape index (κ1) is 30.8. The first-order valence-corrected chi connectivity index (χ1v) is 14.3. The maximum absolute atomic E-state index is 14.2. The zero-order chi connectivity index (χ0) is 31.6. The summed E-state index contributed by atoms with van der Waals surface area (Å²) in [6.45, 7) is 3.49. The quantitative estimate of drug-likeness (QED) is 0.412. The second-order valence-electron chi connectivity index (χ2n) is 11.4. The Labute approximate surface area is 252 Å². The molecule has 2 atom stereocenters. The Bertz CT molecular complexity index is 1650. The maximum Gasteiger partial charge on any atom is 0.274 e. The number of rotatable bonds is 7. The van der Waals surface area contributed by atoms with Crippen molar-refractivity contribution in [2.24, 2.45) is 12.2 Å². The molecule has 1 N–H and O–H groups in total. The lowest BCUT2D eigenvalue weighted by molar-refractivity contribution is -0.0289. The Morgan fingerprint density at radius 3 is 2.50 bits per heavy atom. The van der Waals surface area contributed by atoms with Crippen LogP contribution in [0.4, 0.5) is 13.2 Å². The Kier molecular flexibility index (Phi) is 8.80. The van der Waals surface area contributed by atoms with Gasteiger partial charge >= 0.3 is 0 Å². The first-order valence-electron chi connectivity index (χ1n) is 14.3. The fourth-order valence-electron chi connectivity index (χ4n) is 5.69. The van der Waals surface area contributed by atoms with Crippen LogP contribution in [0.5, 0.6) is 5.75 Å². The number of ether oxygens (including phenoxy) is 1. The van der Waals surface area contributed by atoms with E-state index in [9.17, 15) is 27.6 Å². The van der Waals surface area contributed by atoms with E-state index in [0.29, 0.717) is 44.4 Å². The minimum atomic E-state index is -1.18. The lowest BCUT2D eigenvalue weighted by Crippen LogP contribution is -2.41. The molecule has 1 aromatic heterocycles. The van der Waals surface area contributed by atoms with E-state index in [0.717, 1.165) is 11.3 Å². The number of hydrogen-bond donors (Lipinski definition) is 1. The van der Waals surface area contributed by atoms with Gasteiger partial charge in [0.05, 0.1) is 5.71 Å². The zero-order valence-electron chi connectivity index (χ0n) is 24.7. The molecule has 5 rings (SSSR count). The van der Waals surface area contributed by atoms with E-state index in [-0.39, 0.29) is 24.1 Å². The summed E-state index contributed by atoms with van der Waals surface area (Å²) in [6.07, 6.45) is 3.79. The van der Waals surface area contributed by atoms with Crippen molar-refractivity contribution in [1.29, 1.82) is 0 Å². The predicted molar refractivity (Wildman–Crippen MR) is 156 cm³/mol. The Morgan fingerprint density at radius 2 is 1.84 bits per heavy atom. The van der Waals surface area contributed by atoms with E-state index in [1.54, 1.807) is 29.2 Å². The summed E-state index contributed by atoms with van der Waals surface area (Å²) in [5.74, 6) is -5.18. The third kappa shape index (κ3) is 6.34. The maximum atomic E-state index is 14.2. The number of aryl methyl sites for hydroxylation is 1. The summed E-state index contributed by atoms with van der Waals surface area (Å²) in [5.41, 5.74) is -0.715. The van der Waals surface area contributed by atoms with Crippen molar-refractivity contribution < 1.29 is 32.3 Å². The largest absolute Gasteiger partial charge is 0.483 e. The molecule has 2 aromatic carbocycles. The molecule has 0 unspecified atom stereocenters. The van der Waals surface area contributed by atoms with Crippen LogP contribution in [0.25, 0.3) is 0 Å². The number of carbonyl (C=O) groups excluding carboxylic acids is 2. The standard InChI is InChI=1S/C32H33F3N4O5/c1-19-15-32(44-37-19)10-9-20(2)39(12-11-32)31(42)27-29(43-18-21-7-5-4-6-8-21)28(40)24(17-38(27)3)30(41)36-16-23-25(34)13-22(33)14-26(23)35/h4-8,13-14,17,20H,9-12,15-16,18H2,1-3H3,(H,36,41)/t20-,32-/m0/s1. The third-order valence-electron chi connectivity index (χ3n) is 8.14. The van der Waals surface area contributed by atoms with Crippen molar-refractivity contribution in [3.05, 3.63) is 98.7 Å². The summed E-state index contributed by atoms with van der Waals surface area (Å²) < 4.78 is 48.9. The van der Waals surface area contributed by atoms with Crippen LogP contribution in [0.1, 0.15) is 71.5 Å². The van der Waals surface area contributed by atoms with Crippen LogP contribution in [-0.2, 0) is 25.0 Å². The lowest BCUT2D eigenvalue weighted by Gasteiger charge is -2.29. The van der Waals surface area contributed by atoms with Gasteiger partial charge < -0.3 is 24.4 Å². The van der Waals surface area contributed by atoms with E-state index in [4.69, 9.17) is 9.57 Å². The molecular weight excluding hydrogens is 577 g/mol. The third-order valence-corrected chi connectivity index (χ3v) is 8.14. The normalized spacial score (nSPS) is 19.7. The van der Waals surface area contributed by atoms with Gasteiger partial charge in [-0.05, 0) is 32.3 Å². The van der Waals surface area contributed by atoms with Crippen molar-refractivity contribution in [2.45, 2.75) is 64.3 Å². The lowest BCUT2D eigenvalue weighted by atomic mass is 9.89. The molecular formula is C32H33F3N4O5. The summed E-state index contributed by atoms with van der Waals surface area (Å²) in [5, 5.41) is 6.44. The van der Waals surface area contributed by atoms with Crippen LogP contribution in [0.2, 0.25) is 0 Å². The molecule has 12 heteroatoms. The van der Waals surface area contributed by atoms with Crippen molar-refractivity contribution in [3.8, 4) is 5.75 Å². The van der Waals surface area contributed by atoms with Gasteiger partial charge in [0.1, 0.15) is 35.2 Å². The van der Waals surface area contributed by atoms with Gasteiger partial charge in [0.2, 0.25) is 5.43 Å². The molecule has 232 valence electrons. The van der Waals surface area contributed by atoms with Gasteiger partial charge in [-0.2, -0.15) is 0 Å². The zero-order valence-corrected chi connectivity index (χ0v) is 24.7. The number of halogens is 3. The molecule has 0 aliphatic carbocycles. The molecule has 2 amide bonds. The predicted octanol–water partition coefficient (Wildman–Crippen LogP) is 4.86. The highest BCUT2D eigenvalue weighted by molar-refractivity contribution is 5.99. The minimum absolute atomic E-state index is 0.0410.